The number of nitrogens with zero attached hydrogens (tertiary/aromatic N) is 8. The van der Waals surface area contributed by atoms with Crippen LogP contribution in [0.15, 0.2) is 117 Å². The molecule has 10 rings (SSSR count). The molecule has 6 bridgehead atoms. The summed E-state index contributed by atoms with van der Waals surface area (Å²) < 4.78 is 114. The molecule has 0 unspecified atom stereocenters. The van der Waals surface area contributed by atoms with E-state index < -0.39 is 62.9 Å². The Morgan fingerprint density at radius 1 is 0.466 bits per heavy atom. The number of benzene rings is 4. The van der Waals surface area contributed by atoms with Crippen LogP contribution in [0.5, 0.6) is 0 Å². The van der Waals surface area contributed by atoms with Crippen LogP contribution in [0.25, 0.3) is 21.5 Å². The van der Waals surface area contributed by atoms with E-state index in [9.17, 15) is 38.9 Å². The van der Waals surface area contributed by atoms with Crippen molar-refractivity contribution < 1.29 is 133 Å². The number of aliphatic imine (C=N–C) groups is 4. The second kappa shape index (κ2) is 15.9. The van der Waals surface area contributed by atoms with Crippen LogP contribution in [-0.2, 0) is 30.4 Å². The van der Waals surface area contributed by atoms with E-state index in [2.05, 4.69) is 27.6 Å². The summed E-state index contributed by atoms with van der Waals surface area (Å²) in [6.07, 6.45) is 0. The third kappa shape index (κ3) is 7.41. The van der Waals surface area contributed by atoms with Crippen molar-refractivity contribution in [1.29, 1.82) is 0 Å². The van der Waals surface area contributed by atoms with Gasteiger partial charge in [-0.25, -0.2) is 0 Å². The third-order valence-electron chi connectivity index (χ3n) is 9.16. The van der Waals surface area contributed by atoms with Gasteiger partial charge in [0.05, 0.1) is 0 Å². The van der Waals surface area contributed by atoms with Crippen LogP contribution in [0.3, 0.4) is 0 Å². The maximum atomic E-state index is 12.3. The molecule has 4 aromatic carbocycles. The Labute approximate surface area is 415 Å². The minimum atomic E-state index is -4.96. The molecule has 26 heteroatoms. The van der Waals surface area contributed by atoms with Gasteiger partial charge in [0.15, 0.2) is 0 Å². The van der Waals surface area contributed by atoms with Gasteiger partial charge in [0.2, 0.25) is 0 Å². The molecule has 0 spiro atoms. The van der Waals surface area contributed by atoms with Gasteiger partial charge in [-0.1, -0.05) is 0 Å². The Kier molecular flexibility index (Phi) is 12.5. The molecule has 0 saturated heterocycles. The monoisotopic (exact) mass is 1030 g/mol. The molecule has 0 fully saturated rings. The van der Waals surface area contributed by atoms with E-state index in [4.69, 9.17) is 25.0 Å². The Balaban J connectivity index is 0.00000142. The second-order valence-electron chi connectivity index (χ2n) is 12.3. The molecule has 6 heterocycles. The standard InChI is InChI=1S/C32H15IN8O9S3.Ga.3Na.H2O/c33-13-1-5-17-21(9-13)29-34-25(17)36-30-23-11-15(52(45,46)47)3-7-19(23)27(38-30)40-32-24-12-16(53(48,49)50)4-8-20(24)28(41-32)39-31-22-10-14(51(42,43)44)2-6-18(22)26(35-29)37-31;;;;;/h1-12H,(H3-2,34,35,36,37,38,39,40,41,42,43,44,45,46,47,48,49,50);;;;;1H2/q-2;+2;3*+1;/p-3. The van der Waals surface area contributed by atoms with E-state index >= 15 is 0 Å². The van der Waals surface area contributed by atoms with Gasteiger partial charge in [0.1, 0.15) is 0 Å². The number of hydrogen-bond donors (Lipinski definition) is 0. The first-order valence-electron chi connectivity index (χ1n) is 15.3. The van der Waals surface area contributed by atoms with Crippen LogP contribution < -0.4 is 99.6 Å². The zero-order valence-electron chi connectivity index (χ0n) is 29.9. The second-order valence-corrected chi connectivity index (χ2v) is 20.3. The summed E-state index contributed by atoms with van der Waals surface area (Å²) in [4.78, 5) is 27.6. The molecule has 58 heavy (non-hydrogen) atoms. The average molecular weight is 1030 g/mol. The summed E-state index contributed by atoms with van der Waals surface area (Å²) >= 11 is -0.0648. The third-order valence-corrected chi connectivity index (χ3v) is 15.3. The topological polar surface area (TPSA) is 287 Å². The Morgan fingerprint density at radius 2 is 0.897 bits per heavy atom. The van der Waals surface area contributed by atoms with Crippen molar-refractivity contribution in [3.8, 4) is 0 Å². The molecule has 18 nitrogen and oxygen atoms in total. The van der Waals surface area contributed by atoms with E-state index in [1.54, 1.807) is 3.27 Å². The molecule has 0 amide bonds. The zero-order chi connectivity index (χ0) is 37.6. The molecular formula is C32H14GaIN8Na3O10S3. The first kappa shape index (κ1) is 45.8. The molecular weight excluding hydrogens is 1020 g/mol. The zero-order valence-corrected chi connectivity index (χ0v) is 42.9. The molecule has 2 aromatic heterocycles. The maximum Gasteiger partial charge on any atom is 1.00 e. The van der Waals surface area contributed by atoms with Crippen molar-refractivity contribution in [3.05, 3.63) is 110 Å². The van der Waals surface area contributed by atoms with Crippen molar-refractivity contribution in [1.82, 2.24) is 6.55 Å². The molecule has 0 aliphatic carbocycles. The summed E-state index contributed by atoms with van der Waals surface area (Å²) in [5.41, 5.74) is 1.49. The predicted molar refractivity (Wildman–Crippen MR) is 201 cm³/mol. The van der Waals surface area contributed by atoms with Gasteiger partial charge < -0.3 is 5.48 Å². The molecule has 6 aromatic rings. The molecule has 2 N–H and O–H groups in total. The molecule has 0 atom stereocenters. The Bertz CT molecular complexity index is 3480. The van der Waals surface area contributed by atoms with Gasteiger partial charge in [-0.05, 0) is 0 Å². The number of halogens is 1. The minimum Gasteiger partial charge on any atom is 1.00 e. The molecule has 4 aliphatic heterocycles. The molecule has 1 radical (unpaired) electrons. The fraction of sp³-hybridized carbons (Fsp3) is 0. The van der Waals surface area contributed by atoms with Crippen molar-refractivity contribution >= 4 is 127 Å². The van der Waals surface area contributed by atoms with Crippen molar-refractivity contribution in [2.45, 2.75) is 14.7 Å². The summed E-state index contributed by atoms with van der Waals surface area (Å²) in [5.74, 6) is 1.04. The van der Waals surface area contributed by atoms with Gasteiger partial charge in [0.25, 0.3) is 0 Å². The number of aromatic nitrogens is 2. The average Bonchev–Trinajstić information content (AvgIpc) is 3.80. The molecule has 273 valence electrons. The van der Waals surface area contributed by atoms with E-state index in [-0.39, 0.29) is 145 Å². The van der Waals surface area contributed by atoms with Crippen LogP contribution in [-0.4, -0.2) is 92.2 Å². The summed E-state index contributed by atoms with van der Waals surface area (Å²) in [6, 6.07) is 16.8. The smallest absolute Gasteiger partial charge is 1.00 e. The van der Waals surface area contributed by atoms with Crippen molar-refractivity contribution in [2.75, 3.05) is 0 Å². The minimum absolute atomic E-state index is 0. The Hall–Kier alpha value is -1.70. The van der Waals surface area contributed by atoms with E-state index in [0.717, 1.165) is 21.8 Å². The first-order valence-corrected chi connectivity index (χ1v) is 22.8. The van der Waals surface area contributed by atoms with Crippen LogP contribution >= 0.6 is 22.6 Å². The largest absolute Gasteiger partial charge is 1.00 e. The van der Waals surface area contributed by atoms with Crippen molar-refractivity contribution in [2.24, 2.45) is 30.0 Å². The van der Waals surface area contributed by atoms with E-state index in [1.165, 1.54) is 36.4 Å². The van der Waals surface area contributed by atoms with Gasteiger partial charge in [-0.15, -0.1) is 0 Å². The van der Waals surface area contributed by atoms with Crippen LogP contribution in [0.1, 0.15) is 22.3 Å². The van der Waals surface area contributed by atoms with Gasteiger partial charge in [-0.2, -0.15) is 0 Å². The van der Waals surface area contributed by atoms with Crippen LogP contribution in [0, 0.1) is 3.57 Å². The summed E-state index contributed by atoms with van der Waals surface area (Å²) in [6.45, 7) is 0. The molecule has 0 saturated carbocycles. The summed E-state index contributed by atoms with van der Waals surface area (Å²) in [7, 11) is -14.7. The van der Waals surface area contributed by atoms with Crippen molar-refractivity contribution in [3.63, 3.8) is 0 Å². The Morgan fingerprint density at radius 3 is 1.45 bits per heavy atom. The maximum absolute atomic E-state index is 12.3. The van der Waals surface area contributed by atoms with Crippen LogP contribution in [0.4, 0.5) is 11.6 Å². The van der Waals surface area contributed by atoms with Gasteiger partial charge >= 0.3 is 416 Å². The van der Waals surface area contributed by atoms with E-state index in [0.29, 0.717) is 38.9 Å². The number of fused-ring (bicyclic) bond motifs is 14. The van der Waals surface area contributed by atoms with E-state index in [1.807, 2.05) is 21.5 Å². The normalized spacial score (nSPS) is 14.6. The SMILES string of the molecule is O.O=S(=O)([O-])c1ccc2c(c1)C1=NC2=Nc2c3cc(I)ccc3c3[n]2[Ga][n]2c(c4ccc(S(=O)(=O)[O-])cc4c2=NC2=NC(=N3)c3cc(S(=O)(=O)[O-])ccc32)=N1.[Na+].[Na+].[Na+]. The first-order chi connectivity index (χ1) is 25.5. The van der Waals surface area contributed by atoms with Crippen LogP contribution in [0.2, 0.25) is 0 Å². The van der Waals surface area contributed by atoms with Gasteiger partial charge in [0, 0.05) is 0 Å². The van der Waals surface area contributed by atoms with Gasteiger partial charge in [-0.3, -0.25) is 0 Å². The number of rotatable bonds is 3. The number of hydrogen-bond acceptors (Lipinski definition) is 15. The summed E-state index contributed by atoms with van der Waals surface area (Å²) in [5, 5.41) is 1.81. The molecule has 4 aliphatic rings. The fourth-order valence-corrected chi connectivity index (χ4v) is 11.8. The quantitative estimate of drug-likeness (QED) is 0.0923. The fourth-order valence-electron chi connectivity index (χ4n) is 6.77. The number of amidine groups is 4. The predicted octanol–water partition coefficient (Wildman–Crippen LogP) is -8.03.